The van der Waals surface area contributed by atoms with Gasteiger partial charge in [-0.3, -0.25) is 9.78 Å². The highest BCUT2D eigenvalue weighted by Gasteiger charge is 2.35. The molecular formula is C14H10F3NO. The van der Waals surface area contributed by atoms with Gasteiger partial charge in [-0.2, -0.15) is 13.2 Å². The zero-order valence-electron chi connectivity index (χ0n) is 10.0. The molecule has 0 unspecified atom stereocenters. The van der Waals surface area contributed by atoms with Crippen LogP contribution >= 0.6 is 0 Å². The summed E-state index contributed by atoms with van der Waals surface area (Å²) in [4.78, 5) is 15.7. The Morgan fingerprint density at radius 1 is 1.21 bits per heavy atom. The largest absolute Gasteiger partial charge is 0.417 e. The molecule has 2 rings (SSSR count). The van der Waals surface area contributed by atoms with Gasteiger partial charge in [0.05, 0.1) is 11.1 Å². The van der Waals surface area contributed by atoms with Crippen molar-refractivity contribution in [3.05, 3.63) is 65.0 Å². The lowest BCUT2D eigenvalue weighted by Gasteiger charge is -2.11. The van der Waals surface area contributed by atoms with Crippen LogP contribution in [0.5, 0.6) is 0 Å². The number of hydrogen-bond acceptors (Lipinski definition) is 2. The third kappa shape index (κ3) is 2.81. The van der Waals surface area contributed by atoms with Gasteiger partial charge in [-0.25, -0.2) is 0 Å². The summed E-state index contributed by atoms with van der Waals surface area (Å²) in [6.07, 6.45) is -2.60. The maximum Gasteiger partial charge on any atom is 0.417 e. The van der Waals surface area contributed by atoms with E-state index in [0.29, 0.717) is 0 Å². The quantitative estimate of drug-likeness (QED) is 0.776. The van der Waals surface area contributed by atoms with E-state index in [1.165, 1.54) is 6.07 Å². The molecule has 0 N–H and O–H groups in total. The van der Waals surface area contributed by atoms with E-state index in [-0.39, 0.29) is 5.56 Å². The molecule has 0 spiro atoms. The van der Waals surface area contributed by atoms with Crippen LogP contribution in [0.1, 0.15) is 27.0 Å². The van der Waals surface area contributed by atoms with Crippen LogP contribution in [0.15, 0.2) is 42.7 Å². The highest BCUT2D eigenvalue weighted by atomic mass is 19.4. The molecule has 0 fully saturated rings. The van der Waals surface area contributed by atoms with Crippen LogP contribution in [0.4, 0.5) is 13.2 Å². The van der Waals surface area contributed by atoms with Crippen molar-refractivity contribution in [1.82, 2.24) is 4.98 Å². The van der Waals surface area contributed by atoms with Gasteiger partial charge < -0.3 is 0 Å². The van der Waals surface area contributed by atoms with Crippen LogP contribution < -0.4 is 0 Å². The van der Waals surface area contributed by atoms with Gasteiger partial charge in [-0.05, 0) is 19.1 Å². The van der Waals surface area contributed by atoms with Crippen molar-refractivity contribution in [3.63, 3.8) is 0 Å². The second kappa shape index (κ2) is 4.84. The van der Waals surface area contributed by atoms with Crippen molar-refractivity contribution >= 4 is 5.78 Å². The summed E-state index contributed by atoms with van der Waals surface area (Å²) in [5, 5.41) is 0. The molecule has 1 heterocycles. The van der Waals surface area contributed by atoms with Crippen molar-refractivity contribution in [2.24, 2.45) is 0 Å². The molecule has 98 valence electrons. The number of nitrogens with zero attached hydrogens (tertiary/aromatic N) is 1. The van der Waals surface area contributed by atoms with E-state index in [9.17, 15) is 18.0 Å². The molecule has 1 aromatic heterocycles. The molecule has 2 nitrogen and oxygen atoms in total. The molecule has 0 aliphatic heterocycles. The van der Waals surface area contributed by atoms with E-state index in [1.54, 1.807) is 25.1 Å². The van der Waals surface area contributed by atoms with Gasteiger partial charge in [0.15, 0.2) is 5.78 Å². The smallest absolute Gasteiger partial charge is 0.289 e. The van der Waals surface area contributed by atoms with Gasteiger partial charge >= 0.3 is 6.18 Å². The summed E-state index contributed by atoms with van der Waals surface area (Å²) in [5.41, 5.74) is -0.364. The van der Waals surface area contributed by atoms with Crippen LogP contribution in [0.3, 0.4) is 0 Å². The lowest BCUT2D eigenvalue weighted by Crippen LogP contribution is -2.14. The first-order valence-electron chi connectivity index (χ1n) is 5.52. The minimum absolute atomic E-state index is 0.221. The molecule has 5 heteroatoms. The number of carbonyl (C=O) groups is 1. The summed E-state index contributed by atoms with van der Waals surface area (Å²) >= 11 is 0. The minimum Gasteiger partial charge on any atom is -0.289 e. The highest BCUT2D eigenvalue weighted by Crippen LogP contribution is 2.32. The fraction of sp³-hybridized carbons (Fsp3) is 0.143. The second-order valence-corrected chi connectivity index (χ2v) is 4.12. The molecule has 19 heavy (non-hydrogen) atoms. The highest BCUT2D eigenvalue weighted by molar-refractivity contribution is 6.09. The van der Waals surface area contributed by atoms with E-state index in [4.69, 9.17) is 0 Å². The number of hydrogen-bond donors (Lipinski definition) is 0. The topological polar surface area (TPSA) is 30.0 Å². The van der Waals surface area contributed by atoms with Gasteiger partial charge in [-0.1, -0.05) is 23.8 Å². The van der Waals surface area contributed by atoms with Crippen LogP contribution in [0.25, 0.3) is 0 Å². The van der Waals surface area contributed by atoms with E-state index in [0.717, 1.165) is 24.0 Å². The number of rotatable bonds is 2. The molecule has 0 aliphatic carbocycles. The standard InChI is InChI=1S/C14H10F3NO/c1-9-3-2-4-10(7-9)13(19)11-8-18-6-5-12(11)14(15,16)17/h2-8H,1H3. The third-order valence-electron chi connectivity index (χ3n) is 2.65. The Kier molecular flexibility index (Phi) is 3.38. The first-order chi connectivity index (χ1) is 8.89. The Hall–Kier alpha value is -2.17. The third-order valence-corrected chi connectivity index (χ3v) is 2.65. The number of carbonyl (C=O) groups excluding carboxylic acids is 1. The first kappa shape index (κ1) is 13.3. The van der Waals surface area contributed by atoms with Gasteiger partial charge in [0.1, 0.15) is 0 Å². The van der Waals surface area contributed by atoms with Crippen molar-refractivity contribution < 1.29 is 18.0 Å². The summed E-state index contributed by atoms with van der Waals surface area (Å²) < 4.78 is 38.5. The summed E-state index contributed by atoms with van der Waals surface area (Å²) in [6.45, 7) is 1.77. The Morgan fingerprint density at radius 2 is 1.95 bits per heavy atom. The monoisotopic (exact) mass is 265 g/mol. The van der Waals surface area contributed by atoms with Crippen molar-refractivity contribution in [2.45, 2.75) is 13.1 Å². The summed E-state index contributed by atoms with van der Waals surface area (Å²) in [7, 11) is 0. The fourth-order valence-corrected chi connectivity index (χ4v) is 1.76. The summed E-state index contributed by atoms with van der Waals surface area (Å²) in [5.74, 6) is -0.677. The molecule has 1 aromatic carbocycles. The molecule has 0 saturated carbocycles. The molecule has 0 aliphatic rings. The summed E-state index contributed by atoms with van der Waals surface area (Å²) in [6, 6.07) is 7.25. The number of pyridine rings is 1. The van der Waals surface area contributed by atoms with Crippen molar-refractivity contribution in [1.29, 1.82) is 0 Å². The predicted molar refractivity (Wildman–Crippen MR) is 63.9 cm³/mol. The van der Waals surface area contributed by atoms with Gasteiger partial charge in [0, 0.05) is 18.0 Å². The SMILES string of the molecule is Cc1cccc(C(=O)c2cnccc2C(F)(F)F)c1. The average Bonchev–Trinajstić information content (AvgIpc) is 2.37. The Labute approximate surface area is 107 Å². The first-order valence-corrected chi connectivity index (χ1v) is 5.52. The molecule has 0 saturated heterocycles. The van der Waals surface area contributed by atoms with E-state index >= 15 is 0 Å². The van der Waals surface area contributed by atoms with Gasteiger partial charge in [0.25, 0.3) is 0 Å². The molecule has 0 atom stereocenters. The lowest BCUT2D eigenvalue weighted by molar-refractivity contribution is -0.137. The number of benzene rings is 1. The zero-order valence-corrected chi connectivity index (χ0v) is 10.0. The average molecular weight is 265 g/mol. The van der Waals surface area contributed by atoms with E-state index in [2.05, 4.69) is 4.98 Å². The predicted octanol–water partition coefficient (Wildman–Crippen LogP) is 3.64. The number of aryl methyl sites for hydroxylation is 1. The van der Waals surface area contributed by atoms with Crippen LogP contribution in [0.2, 0.25) is 0 Å². The van der Waals surface area contributed by atoms with Crippen molar-refractivity contribution in [2.75, 3.05) is 0 Å². The molecule has 0 amide bonds. The van der Waals surface area contributed by atoms with Gasteiger partial charge in [-0.15, -0.1) is 0 Å². The second-order valence-electron chi connectivity index (χ2n) is 4.12. The molecule has 2 aromatic rings. The number of ketones is 1. The zero-order chi connectivity index (χ0) is 14.0. The lowest BCUT2D eigenvalue weighted by atomic mass is 9.99. The number of aromatic nitrogens is 1. The Balaban J connectivity index is 2.51. The number of alkyl halides is 3. The van der Waals surface area contributed by atoms with Crippen molar-refractivity contribution in [3.8, 4) is 0 Å². The van der Waals surface area contributed by atoms with E-state index < -0.39 is 23.1 Å². The minimum atomic E-state index is -4.57. The molecule has 0 bridgehead atoms. The number of halogens is 3. The fourth-order valence-electron chi connectivity index (χ4n) is 1.76. The van der Waals surface area contributed by atoms with Crippen LogP contribution in [0, 0.1) is 6.92 Å². The molecule has 0 radical (unpaired) electrons. The Bertz CT molecular complexity index is 620. The van der Waals surface area contributed by atoms with E-state index in [1.807, 2.05) is 0 Å². The maximum absolute atomic E-state index is 12.8. The normalized spacial score (nSPS) is 11.4. The Morgan fingerprint density at radius 3 is 2.58 bits per heavy atom. The van der Waals surface area contributed by atoms with Crippen LogP contribution in [-0.2, 0) is 6.18 Å². The maximum atomic E-state index is 12.8. The van der Waals surface area contributed by atoms with Gasteiger partial charge in [0.2, 0.25) is 0 Å². The van der Waals surface area contributed by atoms with Crippen LogP contribution in [-0.4, -0.2) is 10.8 Å². The molecular weight excluding hydrogens is 255 g/mol.